The van der Waals surface area contributed by atoms with Gasteiger partial charge in [-0.3, -0.25) is 4.79 Å². The molecule has 0 bridgehead atoms. The molecule has 1 N–H and O–H groups in total. The van der Waals surface area contributed by atoms with Crippen LogP contribution in [-0.2, 0) is 24.1 Å². The van der Waals surface area contributed by atoms with Crippen LogP contribution in [0.2, 0.25) is 0 Å². The molecular formula is C31H29NO6S3. The molecule has 1 unspecified atom stereocenters. The molecule has 2 aromatic heterocycles. The molecule has 1 fully saturated rings. The summed E-state index contributed by atoms with van der Waals surface area (Å²) in [6, 6.07) is 21.8. The summed E-state index contributed by atoms with van der Waals surface area (Å²) in [7, 11) is -3.93. The lowest BCUT2D eigenvalue weighted by Crippen LogP contribution is -2.39. The predicted octanol–water partition coefficient (Wildman–Crippen LogP) is 6.52. The third-order valence-electron chi connectivity index (χ3n) is 8.07. The molecule has 212 valence electrons. The smallest absolute Gasteiger partial charge is 0.409 e. The average Bonchev–Trinajstić information content (AvgIpc) is 3.66. The quantitative estimate of drug-likeness (QED) is 0.268. The first-order valence-corrected chi connectivity index (χ1v) is 16.7. The van der Waals surface area contributed by atoms with E-state index >= 15 is 0 Å². The number of carbonyl (C=O) groups excluding carboxylic acids is 1. The van der Waals surface area contributed by atoms with Gasteiger partial charge in [0.05, 0.1) is 12.2 Å². The fourth-order valence-corrected chi connectivity index (χ4v) is 10.6. The van der Waals surface area contributed by atoms with Crippen LogP contribution in [0.5, 0.6) is 0 Å². The third-order valence-corrected chi connectivity index (χ3v) is 13.2. The summed E-state index contributed by atoms with van der Waals surface area (Å²) < 4.78 is 31.8. The van der Waals surface area contributed by atoms with E-state index in [1.165, 1.54) is 16.2 Å². The number of rotatable bonds is 6. The van der Waals surface area contributed by atoms with Gasteiger partial charge in [0.15, 0.2) is 9.84 Å². The minimum absolute atomic E-state index is 0.0186. The zero-order chi connectivity index (χ0) is 28.8. The topological polar surface area (TPSA) is 101 Å². The number of thiophene rings is 2. The van der Waals surface area contributed by atoms with Crippen molar-refractivity contribution >= 4 is 44.6 Å². The van der Waals surface area contributed by atoms with Gasteiger partial charge < -0.3 is 14.7 Å². The van der Waals surface area contributed by atoms with E-state index in [2.05, 4.69) is 12.1 Å². The number of aryl methyl sites for hydroxylation is 1. The zero-order valence-electron chi connectivity index (χ0n) is 22.4. The van der Waals surface area contributed by atoms with Crippen LogP contribution in [0, 0.1) is 6.92 Å². The molecular weight excluding hydrogens is 579 g/mol. The number of carbonyl (C=O) groups is 2. The number of hydrogen-bond acceptors (Lipinski definition) is 7. The number of carboxylic acid groups (broad SMARTS) is 1. The Labute approximate surface area is 247 Å². The first-order chi connectivity index (χ1) is 19.7. The molecule has 7 nitrogen and oxygen atoms in total. The van der Waals surface area contributed by atoms with Crippen LogP contribution in [-0.4, -0.2) is 55.9 Å². The lowest BCUT2D eigenvalue weighted by atomic mass is 9.97. The van der Waals surface area contributed by atoms with Crippen LogP contribution in [0.25, 0.3) is 20.9 Å². The van der Waals surface area contributed by atoms with Crippen molar-refractivity contribution in [3.63, 3.8) is 0 Å². The fourth-order valence-electron chi connectivity index (χ4n) is 5.96. The second kappa shape index (κ2) is 10.7. The second-order valence-corrected chi connectivity index (χ2v) is 15.0. The number of carboxylic acids is 1. The largest absolute Gasteiger partial charge is 0.481 e. The Morgan fingerprint density at radius 1 is 1.00 bits per heavy atom. The molecule has 10 heteroatoms. The number of sulfone groups is 1. The van der Waals surface area contributed by atoms with Crippen molar-refractivity contribution in [2.24, 2.45) is 0 Å². The number of aliphatic carboxylic acids is 1. The summed E-state index contributed by atoms with van der Waals surface area (Å²) in [6.07, 6.45) is -1.17. The molecule has 1 aliphatic carbocycles. The Morgan fingerprint density at radius 2 is 1.68 bits per heavy atom. The molecule has 4 aromatic rings. The van der Waals surface area contributed by atoms with Crippen LogP contribution in [0.3, 0.4) is 0 Å². The van der Waals surface area contributed by atoms with E-state index in [1.807, 2.05) is 60.8 Å². The van der Waals surface area contributed by atoms with Crippen molar-refractivity contribution in [1.29, 1.82) is 0 Å². The van der Waals surface area contributed by atoms with Gasteiger partial charge in [0.1, 0.15) is 11.4 Å². The summed E-state index contributed by atoms with van der Waals surface area (Å²) in [5.41, 5.74) is 5.54. The van der Waals surface area contributed by atoms with Gasteiger partial charge in [-0.25, -0.2) is 13.2 Å². The van der Waals surface area contributed by atoms with Crippen molar-refractivity contribution in [2.75, 3.05) is 25.4 Å². The molecule has 41 heavy (non-hydrogen) atoms. The standard InChI is InChI=1S/C31H29NO6S3/c1-20-16-27(39-19-20)26-10-11-28(40-26)31(17-29(33)34)12-13-32(14-15-41(31,36)37)30(35)38-18-25-23-8-4-2-6-21(23)22-7-3-5-9-24(22)25/h2-11,16,19,25H,12-15,17-18H2,1H3,(H,33,34). The van der Waals surface area contributed by atoms with Crippen molar-refractivity contribution in [3.05, 3.63) is 93.7 Å². The Bertz CT molecular complexity index is 1690. The predicted molar refractivity (Wildman–Crippen MR) is 161 cm³/mol. The van der Waals surface area contributed by atoms with Gasteiger partial charge in [-0.2, -0.15) is 0 Å². The molecule has 0 radical (unpaired) electrons. The summed E-state index contributed by atoms with van der Waals surface area (Å²) >= 11 is 2.88. The molecule has 2 aromatic carbocycles. The van der Waals surface area contributed by atoms with Gasteiger partial charge in [-0.1, -0.05) is 48.5 Å². The number of fused-ring (bicyclic) bond motifs is 3. The maximum Gasteiger partial charge on any atom is 0.409 e. The van der Waals surface area contributed by atoms with Crippen molar-refractivity contribution in [2.45, 2.75) is 30.4 Å². The van der Waals surface area contributed by atoms with Crippen molar-refractivity contribution in [1.82, 2.24) is 4.90 Å². The normalized spacial score (nSPS) is 19.8. The monoisotopic (exact) mass is 607 g/mol. The lowest BCUT2D eigenvalue weighted by Gasteiger charge is -2.29. The van der Waals surface area contributed by atoms with Gasteiger partial charge >= 0.3 is 12.1 Å². The van der Waals surface area contributed by atoms with E-state index < -0.39 is 33.1 Å². The molecule has 1 atom stereocenters. The van der Waals surface area contributed by atoms with E-state index in [0.29, 0.717) is 4.88 Å². The summed E-state index contributed by atoms with van der Waals surface area (Å²) in [4.78, 5) is 29.1. The number of ether oxygens (including phenoxy) is 1. The highest BCUT2D eigenvalue weighted by Crippen LogP contribution is 2.47. The van der Waals surface area contributed by atoms with E-state index in [9.17, 15) is 23.1 Å². The molecule has 0 spiro atoms. The Morgan fingerprint density at radius 3 is 2.32 bits per heavy atom. The average molecular weight is 608 g/mol. The number of nitrogens with zero attached hydrogens (tertiary/aromatic N) is 1. The van der Waals surface area contributed by atoms with Crippen LogP contribution in [0.15, 0.2) is 72.1 Å². The molecule has 3 heterocycles. The maximum atomic E-state index is 13.8. The SMILES string of the molecule is Cc1csc(-c2ccc(C3(CC(=O)O)CCN(C(=O)OCC4c5ccccc5-c5ccccc54)CCS3(=O)=O)s2)c1. The molecule has 1 saturated heterocycles. The Hall–Kier alpha value is -3.47. The summed E-state index contributed by atoms with van der Waals surface area (Å²) in [5, 5.41) is 11.8. The van der Waals surface area contributed by atoms with Gasteiger partial charge in [0, 0.05) is 33.6 Å². The molecule has 1 aliphatic heterocycles. The highest BCUT2D eigenvalue weighted by atomic mass is 32.2. The van der Waals surface area contributed by atoms with Gasteiger partial charge in [-0.05, 0) is 64.7 Å². The number of amides is 1. The van der Waals surface area contributed by atoms with E-state index in [4.69, 9.17) is 4.74 Å². The van der Waals surface area contributed by atoms with Crippen molar-refractivity contribution < 1.29 is 27.9 Å². The van der Waals surface area contributed by atoms with Gasteiger partial charge in [-0.15, -0.1) is 22.7 Å². The van der Waals surface area contributed by atoms with Gasteiger partial charge in [0.2, 0.25) is 0 Å². The highest BCUT2D eigenvalue weighted by molar-refractivity contribution is 7.92. The minimum atomic E-state index is -3.93. The van der Waals surface area contributed by atoms with E-state index in [-0.39, 0.29) is 37.8 Å². The fraction of sp³-hybridized carbons (Fsp3) is 0.290. The van der Waals surface area contributed by atoms with Gasteiger partial charge in [0.25, 0.3) is 0 Å². The number of benzene rings is 2. The van der Waals surface area contributed by atoms with E-state index in [1.54, 1.807) is 17.4 Å². The molecule has 0 saturated carbocycles. The second-order valence-electron chi connectivity index (χ2n) is 10.6. The number of hydrogen-bond donors (Lipinski definition) is 1. The highest BCUT2D eigenvalue weighted by Gasteiger charge is 2.50. The lowest BCUT2D eigenvalue weighted by molar-refractivity contribution is -0.137. The van der Waals surface area contributed by atoms with Crippen LogP contribution in [0.1, 0.15) is 40.3 Å². The molecule has 2 aliphatic rings. The maximum absolute atomic E-state index is 13.8. The summed E-state index contributed by atoms with van der Waals surface area (Å²) in [6.45, 7) is 2.15. The van der Waals surface area contributed by atoms with E-state index in [0.717, 1.165) is 37.6 Å². The third kappa shape index (κ3) is 4.98. The Balaban J connectivity index is 1.23. The molecule has 1 amide bonds. The minimum Gasteiger partial charge on any atom is -0.481 e. The van der Waals surface area contributed by atoms with Crippen LogP contribution < -0.4 is 0 Å². The van der Waals surface area contributed by atoms with Crippen LogP contribution >= 0.6 is 22.7 Å². The zero-order valence-corrected chi connectivity index (χ0v) is 24.9. The van der Waals surface area contributed by atoms with Crippen LogP contribution in [0.4, 0.5) is 4.79 Å². The Kier molecular flexibility index (Phi) is 7.25. The molecule has 6 rings (SSSR count). The first-order valence-electron chi connectivity index (χ1n) is 13.4. The summed E-state index contributed by atoms with van der Waals surface area (Å²) in [5.74, 6) is -1.64. The van der Waals surface area contributed by atoms with Crippen molar-refractivity contribution in [3.8, 4) is 20.9 Å². The first kappa shape index (κ1) is 27.7.